The molecule has 1 aromatic heterocycles. The zero-order chi connectivity index (χ0) is 20.4. The Balaban J connectivity index is 1.75. The second kappa shape index (κ2) is 8.04. The molecule has 1 fully saturated rings. The van der Waals surface area contributed by atoms with E-state index in [1.54, 1.807) is 6.92 Å². The van der Waals surface area contributed by atoms with Crippen LogP contribution in [0.2, 0.25) is 0 Å². The lowest BCUT2D eigenvalue weighted by Gasteiger charge is -2.32. The van der Waals surface area contributed by atoms with Crippen molar-refractivity contribution in [2.45, 2.75) is 26.2 Å². The number of carbonyl (C=O) groups excluding carboxylic acids is 1. The first kappa shape index (κ1) is 19.9. The minimum atomic E-state index is -1.15. The van der Waals surface area contributed by atoms with Crippen molar-refractivity contribution in [3.63, 3.8) is 0 Å². The number of aromatic nitrogens is 1. The topological polar surface area (TPSA) is 83.6 Å². The average molecular weight is 396 g/mol. The smallest absolute Gasteiger partial charge is 0.306 e. The molecule has 2 unspecified atom stereocenters. The Hall–Kier alpha value is -2.84. The Labute approximate surface area is 158 Å². The van der Waals surface area contributed by atoms with Crippen LogP contribution in [-0.2, 0) is 4.79 Å². The summed E-state index contributed by atoms with van der Waals surface area (Å²) in [4.78, 5) is 25.2. The van der Waals surface area contributed by atoms with Crippen LogP contribution in [0.15, 0.2) is 22.7 Å². The van der Waals surface area contributed by atoms with E-state index in [2.05, 4.69) is 5.16 Å². The van der Waals surface area contributed by atoms with Crippen molar-refractivity contribution in [3.05, 3.63) is 41.4 Å². The summed E-state index contributed by atoms with van der Waals surface area (Å²) in [7, 11) is 0. The monoisotopic (exact) mass is 396 g/mol. The van der Waals surface area contributed by atoms with Crippen LogP contribution in [0.5, 0.6) is 0 Å². The van der Waals surface area contributed by atoms with Crippen LogP contribution in [0.1, 0.15) is 36.7 Å². The minimum Gasteiger partial charge on any atom is -0.481 e. The quantitative estimate of drug-likeness (QED) is 0.833. The number of nitrogens with zero attached hydrogens (tertiary/aromatic N) is 2. The summed E-state index contributed by atoms with van der Waals surface area (Å²) in [6.07, 6.45) is 1.98. The summed E-state index contributed by atoms with van der Waals surface area (Å²) >= 11 is 0. The van der Waals surface area contributed by atoms with Gasteiger partial charge in [0.15, 0.2) is 0 Å². The number of hydrogen-bond acceptors (Lipinski definition) is 4. The maximum Gasteiger partial charge on any atom is 0.306 e. The van der Waals surface area contributed by atoms with Gasteiger partial charge in [0, 0.05) is 31.3 Å². The van der Waals surface area contributed by atoms with Crippen LogP contribution in [-0.4, -0.2) is 40.1 Å². The molecule has 1 aromatic carbocycles. The van der Waals surface area contributed by atoms with Crippen LogP contribution in [0.4, 0.5) is 13.2 Å². The number of carboxylic acids is 1. The van der Waals surface area contributed by atoms with Crippen molar-refractivity contribution >= 4 is 11.9 Å². The number of aliphatic carboxylic acids is 1. The Morgan fingerprint density at radius 2 is 1.96 bits per heavy atom. The second-order valence-corrected chi connectivity index (χ2v) is 7.06. The molecular weight excluding hydrogens is 377 g/mol. The fourth-order valence-electron chi connectivity index (χ4n) is 3.48. The largest absolute Gasteiger partial charge is 0.481 e. The van der Waals surface area contributed by atoms with Crippen LogP contribution in [0.3, 0.4) is 0 Å². The molecule has 1 aliphatic heterocycles. The number of rotatable bonds is 5. The summed E-state index contributed by atoms with van der Waals surface area (Å²) in [5, 5.41) is 12.6. The number of benzene rings is 1. The third-order valence-corrected chi connectivity index (χ3v) is 4.90. The van der Waals surface area contributed by atoms with Gasteiger partial charge in [0.05, 0.1) is 11.5 Å². The van der Waals surface area contributed by atoms with Gasteiger partial charge < -0.3 is 14.5 Å². The Morgan fingerprint density at radius 1 is 1.29 bits per heavy atom. The average Bonchev–Trinajstić information content (AvgIpc) is 3.10. The van der Waals surface area contributed by atoms with Gasteiger partial charge in [0.2, 0.25) is 5.76 Å². The van der Waals surface area contributed by atoms with E-state index >= 15 is 0 Å². The Kier molecular flexibility index (Phi) is 5.71. The molecule has 0 bridgehead atoms. The van der Waals surface area contributed by atoms with Gasteiger partial charge in [-0.15, -0.1) is 0 Å². The van der Waals surface area contributed by atoms with E-state index in [-0.39, 0.29) is 17.4 Å². The van der Waals surface area contributed by atoms with E-state index in [1.807, 2.05) is 0 Å². The zero-order valence-electron chi connectivity index (χ0n) is 15.1. The molecule has 2 atom stereocenters. The number of halogens is 3. The number of amides is 1. The van der Waals surface area contributed by atoms with Crippen molar-refractivity contribution in [2.75, 3.05) is 13.1 Å². The fraction of sp³-hybridized carbons (Fsp3) is 0.421. The highest BCUT2D eigenvalue weighted by Crippen LogP contribution is 2.28. The van der Waals surface area contributed by atoms with E-state index in [0.717, 1.165) is 12.5 Å². The van der Waals surface area contributed by atoms with Gasteiger partial charge in [0.25, 0.3) is 5.91 Å². The van der Waals surface area contributed by atoms with Gasteiger partial charge in [-0.2, -0.15) is 0 Å². The summed E-state index contributed by atoms with van der Waals surface area (Å²) in [5.74, 6) is -5.39. The zero-order valence-corrected chi connectivity index (χ0v) is 15.1. The second-order valence-electron chi connectivity index (χ2n) is 7.06. The molecule has 2 heterocycles. The molecule has 1 aliphatic rings. The van der Waals surface area contributed by atoms with Gasteiger partial charge in [-0.05, 0) is 25.2 Å². The van der Waals surface area contributed by atoms with Gasteiger partial charge in [-0.1, -0.05) is 12.1 Å². The normalized spacial score (nSPS) is 18.1. The maximum absolute atomic E-state index is 13.9. The summed E-state index contributed by atoms with van der Waals surface area (Å²) in [6.45, 7) is 2.45. The van der Waals surface area contributed by atoms with Crippen LogP contribution >= 0.6 is 0 Å². The van der Waals surface area contributed by atoms with E-state index in [9.17, 15) is 22.8 Å². The highest BCUT2D eigenvalue weighted by Gasteiger charge is 2.29. The lowest BCUT2D eigenvalue weighted by molar-refractivity contribution is -0.141. The van der Waals surface area contributed by atoms with Crippen LogP contribution in [0, 0.1) is 29.3 Å². The number of likely N-dealkylation sites (tertiary alicyclic amines) is 1. The van der Waals surface area contributed by atoms with Crippen molar-refractivity contribution in [3.8, 4) is 11.3 Å². The maximum atomic E-state index is 13.9. The van der Waals surface area contributed by atoms with Gasteiger partial charge >= 0.3 is 5.97 Å². The third-order valence-electron chi connectivity index (χ3n) is 4.90. The first-order valence-electron chi connectivity index (χ1n) is 8.90. The highest BCUT2D eigenvalue weighted by atomic mass is 19.1. The molecule has 3 rings (SSSR count). The lowest BCUT2D eigenvalue weighted by atomic mass is 9.89. The number of hydrogen-bond donors (Lipinski definition) is 1. The molecule has 1 N–H and O–H groups in total. The Morgan fingerprint density at radius 3 is 2.61 bits per heavy atom. The number of piperidine rings is 1. The molecule has 0 saturated carbocycles. The lowest BCUT2D eigenvalue weighted by Crippen LogP contribution is -2.40. The van der Waals surface area contributed by atoms with Crippen molar-refractivity contribution in [1.82, 2.24) is 10.1 Å². The SMILES string of the molecule is CC(CC1CCCN(C(=O)c2cc(-c3c(F)cc(F)cc3F)no2)C1)C(=O)O. The minimum absolute atomic E-state index is 0.0400. The first-order chi connectivity index (χ1) is 13.3. The van der Waals surface area contributed by atoms with Crippen molar-refractivity contribution in [2.24, 2.45) is 11.8 Å². The summed E-state index contributed by atoms with van der Waals surface area (Å²) in [5.41, 5.74) is -0.817. The van der Waals surface area contributed by atoms with E-state index in [1.165, 1.54) is 4.90 Å². The number of carboxylic acid groups (broad SMARTS) is 1. The third kappa shape index (κ3) is 4.18. The van der Waals surface area contributed by atoms with E-state index in [0.29, 0.717) is 38.1 Å². The molecule has 1 amide bonds. The summed E-state index contributed by atoms with van der Waals surface area (Å²) < 4.78 is 45.8. The molecule has 150 valence electrons. The van der Waals surface area contributed by atoms with Crippen molar-refractivity contribution < 1.29 is 32.4 Å². The van der Waals surface area contributed by atoms with E-state index in [4.69, 9.17) is 9.63 Å². The molecular formula is C19H19F3N2O4. The fourth-order valence-corrected chi connectivity index (χ4v) is 3.48. The van der Waals surface area contributed by atoms with Crippen LogP contribution in [0.25, 0.3) is 11.3 Å². The predicted octanol–water partition coefficient (Wildman–Crippen LogP) is 3.72. The highest BCUT2D eigenvalue weighted by molar-refractivity contribution is 5.92. The molecule has 28 heavy (non-hydrogen) atoms. The molecule has 6 nitrogen and oxygen atoms in total. The van der Waals surface area contributed by atoms with Crippen LogP contribution < -0.4 is 0 Å². The van der Waals surface area contributed by atoms with Gasteiger partial charge in [-0.3, -0.25) is 9.59 Å². The molecule has 9 heteroatoms. The van der Waals surface area contributed by atoms with E-state index < -0.39 is 40.8 Å². The molecule has 2 aromatic rings. The standard InChI is InChI=1S/C19H19F3N2O4/c1-10(19(26)27)5-11-3-2-4-24(9-11)18(25)16-8-15(23-28-16)17-13(21)6-12(20)7-14(17)22/h6-8,10-11H,2-5,9H2,1H3,(H,26,27). The Bertz CT molecular complexity index is 876. The molecule has 1 saturated heterocycles. The molecule has 0 aliphatic carbocycles. The number of carbonyl (C=O) groups is 2. The first-order valence-corrected chi connectivity index (χ1v) is 8.90. The molecule has 0 spiro atoms. The molecule has 0 radical (unpaired) electrons. The summed E-state index contributed by atoms with van der Waals surface area (Å²) in [6, 6.07) is 2.16. The predicted molar refractivity (Wildman–Crippen MR) is 91.9 cm³/mol. The van der Waals surface area contributed by atoms with Gasteiger partial charge in [-0.25, -0.2) is 13.2 Å². The van der Waals surface area contributed by atoms with Crippen molar-refractivity contribution in [1.29, 1.82) is 0 Å². The van der Waals surface area contributed by atoms with Gasteiger partial charge in [0.1, 0.15) is 23.1 Å².